The van der Waals surface area contributed by atoms with Crippen molar-refractivity contribution in [3.63, 3.8) is 0 Å². The molecule has 0 aromatic heterocycles. The highest BCUT2D eigenvalue weighted by molar-refractivity contribution is 7.88. The number of aliphatic imine (C=N–C) groups is 1. The highest BCUT2D eigenvalue weighted by atomic mass is 32.2. The van der Waals surface area contributed by atoms with E-state index in [-0.39, 0.29) is 0 Å². The molecule has 0 radical (unpaired) electrons. The Kier molecular flexibility index (Phi) is 5.87. The van der Waals surface area contributed by atoms with Crippen LogP contribution in [0.4, 0.5) is 0 Å². The molecule has 1 saturated heterocycles. The number of likely N-dealkylation sites (tertiary alicyclic amines) is 1. The van der Waals surface area contributed by atoms with Gasteiger partial charge in [-0.1, -0.05) is 12.8 Å². The van der Waals surface area contributed by atoms with Crippen molar-refractivity contribution in [2.75, 3.05) is 39.0 Å². The van der Waals surface area contributed by atoms with Crippen molar-refractivity contribution >= 4 is 16.0 Å². The second-order valence-electron chi connectivity index (χ2n) is 6.11. The Hall–Kier alpha value is -0.820. The van der Waals surface area contributed by atoms with E-state index in [9.17, 15) is 8.42 Å². The van der Waals surface area contributed by atoms with E-state index in [2.05, 4.69) is 26.9 Å². The maximum absolute atomic E-state index is 11.0. The van der Waals surface area contributed by atoms with E-state index in [0.717, 1.165) is 37.4 Å². The third kappa shape index (κ3) is 5.14. The van der Waals surface area contributed by atoms with Crippen LogP contribution in [0.25, 0.3) is 0 Å². The quantitative estimate of drug-likeness (QED) is 0.443. The first-order chi connectivity index (χ1) is 9.99. The Balaban J connectivity index is 1.89. The molecule has 2 aliphatic rings. The molecule has 0 amide bonds. The maximum atomic E-state index is 11.0. The largest absolute Gasteiger partial charge is 0.357 e. The van der Waals surface area contributed by atoms with Gasteiger partial charge >= 0.3 is 0 Å². The lowest BCUT2D eigenvalue weighted by molar-refractivity contribution is 0.299. The van der Waals surface area contributed by atoms with E-state index in [1.807, 2.05) is 0 Å². The lowest BCUT2D eigenvalue weighted by Gasteiger charge is -2.22. The van der Waals surface area contributed by atoms with E-state index in [1.165, 1.54) is 31.9 Å². The van der Waals surface area contributed by atoms with Crippen LogP contribution in [-0.2, 0) is 10.0 Å². The standard InChI is InChI=1S/C14H28N4O2S/c1-3-15-14(16-8-9-17-21(2,19)20)18-10-12-6-4-5-7-13(12)11-18/h12-13,17H,3-11H2,1-2H3,(H,15,16). The summed E-state index contributed by atoms with van der Waals surface area (Å²) in [6, 6.07) is 0. The second kappa shape index (κ2) is 7.45. The van der Waals surface area contributed by atoms with Crippen LogP contribution in [0, 0.1) is 11.8 Å². The maximum Gasteiger partial charge on any atom is 0.208 e. The summed E-state index contributed by atoms with van der Waals surface area (Å²) in [5.74, 6) is 2.57. The topological polar surface area (TPSA) is 73.8 Å². The molecule has 122 valence electrons. The van der Waals surface area contributed by atoms with Crippen molar-refractivity contribution in [3.05, 3.63) is 0 Å². The van der Waals surface area contributed by atoms with Gasteiger partial charge in [-0.05, 0) is 31.6 Å². The number of hydrogen-bond acceptors (Lipinski definition) is 3. The fourth-order valence-electron chi connectivity index (χ4n) is 3.40. The third-order valence-corrected chi connectivity index (χ3v) is 5.08. The molecule has 7 heteroatoms. The SMILES string of the molecule is CCNC(=NCCNS(C)(=O)=O)N1CC2CCCCC2C1. The number of nitrogens with zero attached hydrogens (tertiary/aromatic N) is 2. The van der Waals surface area contributed by atoms with Crippen LogP contribution >= 0.6 is 0 Å². The molecular weight excluding hydrogens is 288 g/mol. The minimum absolute atomic E-state index is 0.356. The van der Waals surface area contributed by atoms with Gasteiger partial charge in [0, 0.05) is 26.2 Å². The molecule has 2 N–H and O–H groups in total. The van der Waals surface area contributed by atoms with Crippen molar-refractivity contribution in [2.45, 2.75) is 32.6 Å². The van der Waals surface area contributed by atoms with Gasteiger partial charge in [-0.2, -0.15) is 0 Å². The first kappa shape index (κ1) is 16.5. The number of nitrogens with one attached hydrogen (secondary N) is 2. The van der Waals surface area contributed by atoms with Gasteiger partial charge in [0.2, 0.25) is 10.0 Å². The summed E-state index contributed by atoms with van der Waals surface area (Å²) in [6.07, 6.45) is 6.58. The van der Waals surface area contributed by atoms with Crippen molar-refractivity contribution < 1.29 is 8.42 Å². The van der Waals surface area contributed by atoms with Crippen LogP contribution in [-0.4, -0.2) is 58.3 Å². The zero-order valence-electron chi connectivity index (χ0n) is 13.1. The molecule has 1 saturated carbocycles. The van der Waals surface area contributed by atoms with Gasteiger partial charge in [-0.3, -0.25) is 4.99 Å². The summed E-state index contributed by atoms with van der Waals surface area (Å²) < 4.78 is 24.6. The van der Waals surface area contributed by atoms with E-state index in [4.69, 9.17) is 0 Å². The number of guanidine groups is 1. The summed E-state index contributed by atoms with van der Waals surface area (Å²) in [6.45, 7) is 5.92. The summed E-state index contributed by atoms with van der Waals surface area (Å²) in [4.78, 5) is 6.91. The van der Waals surface area contributed by atoms with E-state index in [1.54, 1.807) is 0 Å². The molecule has 2 rings (SSSR count). The van der Waals surface area contributed by atoms with Crippen LogP contribution < -0.4 is 10.0 Å². The first-order valence-electron chi connectivity index (χ1n) is 7.97. The van der Waals surface area contributed by atoms with Gasteiger partial charge in [0.05, 0.1) is 12.8 Å². The van der Waals surface area contributed by atoms with Gasteiger partial charge in [-0.25, -0.2) is 13.1 Å². The predicted octanol–water partition coefficient (Wildman–Crippen LogP) is 0.623. The smallest absolute Gasteiger partial charge is 0.208 e. The molecule has 0 spiro atoms. The monoisotopic (exact) mass is 316 g/mol. The highest BCUT2D eigenvalue weighted by Crippen LogP contribution is 2.35. The van der Waals surface area contributed by atoms with Gasteiger partial charge in [0.25, 0.3) is 0 Å². The Labute approximate surface area is 128 Å². The van der Waals surface area contributed by atoms with E-state index >= 15 is 0 Å². The first-order valence-corrected chi connectivity index (χ1v) is 9.86. The lowest BCUT2D eigenvalue weighted by Crippen LogP contribution is -2.40. The molecule has 2 unspecified atom stereocenters. The van der Waals surface area contributed by atoms with Crippen LogP contribution in [0.5, 0.6) is 0 Å². The molecule has 0 aromatic rings. The molecule has 1 heterocycles. The Morgan fingerprint density at radius 3 is 2.38 bits per heavy atom. The molecular formula is C14H28N4O2S. The molecule has 2 fully saturated rings. The van der Waals surface area contributed by atoms with Crippen LogP contribution in [0.1, 0.15) is 32.6 Å². The van der Waals surface area contributed by atoms with Gasteiger partial charge in [0.1, 0.15) is 0 Å². The molecule has 0 aromatic carbocycles. The molecule has 0 bridgehead atoms. The normalized spacial score (nSPS) is 26.8. The van der Waals surface area contributed by atoms with E-state index in [0.29, 0.717) is 13.1 Å². The minimum Gasteiger partial charge on any atom is -0.357 e. The van der Waals surface area contributed by atoms with Crippen LogP contribution in [0.2, 0.25) is 0 Å². The van der Waals surface area contributed by atoms with Gasteiger partial charge < -0.3 is 10.2 Å². The van der Waals surface area contributed by atoms with Crippen LogP contribution in [0.15, 0.2) is 4.99 Å². The summed E-state index contributed by atoms with van der Waals surface area (Å²) >= 11 is 0. The zero-order valence-corrected chi connectivity index (χ0v) is 14.0. The predicted molar refractivity (Wildman–Crippen MR) is 85.8 cm³/mol. The Morgan fingerprint density at radius 1 is 1.24 bits per heavy atom. The molecule has 2 atom stereocenters. The molecule has 1 aliphatic carbocycles. The minimum atomic E-state index is -3.12. The summed E-state index contributed by atoms with van der Waals surface area (Å²) in [5.41, 5.74) is 0. The fourth-order valence-corrected chi connectivity index (χ4v) is 3.86. The van der Waals surface area contributed by atoms with Crippen molar-refractivity contribution in [3.8, 4) is 0 Å². The fraction of sp³-hybridized carbons (Fsp3) is 0.929. The third-order valence-electron chi connectivity index (χ3n) is 4.35. The van der Waals surface area contributed by atoms with Gasteiger partial charge in [-0.15, -0.1) is 0 Å². The van der Waals surface area contributed by atoms with Crippen LogP contribution in [0.3, 0.4) is 0 Å². The Morgan fingerprint density at radius 2 is 1.86 bits per heavy atom. The van der Waals surface area contributed by atoms with Crippen molar-refractivity contribution in [2.24, 2.45) is 16.8 Å². The zero-order chi connectivity index (χ0) is 15.3. The highest BCUT2D eigenvalue weighted by Gasteiger charge is 2.35. The second-order valence-corrected chi connectivity index (χ2v) is 7.94. The number of fused-ring (bicyclic) bond motifs is 1. The Bertz CT molecular complexity index is 450. The average Bonchev–Trinajstić information content (AvgIpc) is 2.84. The molecule has 1 aliphatic heterocycles. The molecule has 6 nitrogen and oxygen atoms in total. The summed E-state index contributed by atoms with van der Waals surface area (Å²) in [5, 5.41) is 3.33. The number of sulfonamides is 1. The van der Waals surface area contributed by atoms with Crippen molar-refractivity contribution in [1.29, 1.82) is 0 Å². The number of rotatable bonds is 5. The average molecular weight is 316 g/mol. The summed E-state index contributed by atoms with van der Waals surface area (Å²) in [7, 11) is -3.12. The number of hydrogen-bond donors (Lipinski definition) is 2. The van der Waals surface area contributed by atoms with Gasteiger partial charge in [0.15, 0.2) is 5.96 Å². The lowest BCUT2D eigenvalue weighted by atomic mass is 9.82. The van der Waals surface area contributed by atoms with E-state index < -0.39 is 10.0 Å². The molecule has 21 heavy (non-hydrogen) atoms. The van der Waals surface area contributed by atoms with Crippen molar-refractivity contribution in [1.82, 2.24) is 14.9 Å².